The summed E-state index contributed by atoms with van der Waals surface area (Å²) in [6.07, 6.45) is 3.58. The first-order valence-corrected chi connectivity index (χ1v) is 7.54. The van der Waals surface area contributed by atoms with E-state index in [0.717, 1.165) is 19.4 Å². The lowest BCUT2D eigenvalue weighted by Crippen LogP contribution is -2.42. The van der Waals surface area contributed by atoms with Crippen LogP contribution in [-0.2, 0) is 9.84 Å². The molecule has 0 aromatic heterocycles. The molecule has 0 aliphatic carbocycles. The molecule has 0 aromatic carbocycles. The second kappa shape index (κ2) is 5.85. The zero-order chi connectivity index (χ0) is 12.1. The SMILES string of the molecule is CCC(CC)CNCC(C)(C)S(C)(=O)=O. The van der Waals surface area contributed by atoms with Gasteiger partial charge in [-0.3, -0.25) is 0 Å². The van der Waals surface area contributed by atoms with Gasteiger partial charge in [0.1, 0.15) is 0 Å². The molecule has 3 nitrogen and oxygen atoms in total. The van der Waals surface area contributed by atoms with Crippen molar-refractivity contribution >= 4 is 9.84 Å². The molecule has 1 N–H and O–H groups in total. The fourth-order valence-corrected chi connectivity index (χ4v) is 1.65. The van der Waals surface area contributed by atoms with E-state index in [-0.39, 0.29) is 0 Å². The van der Waals surface area contributed by atoms with Gasteiger partial charge in [0.25, 0.3) is 0 Å². The summed E-state index contributed by atoms with van der Waals surface area (Å²) >= 11 is 0. The Balaban J connectivity index is 4.06. The van der Waals surface area contributed by atoms with Crippen molar-refractivity contribution in [2.24, 2.45) is 5.92 Å². The molecular formula is C11H25NO2S. The molecule has 0 bridgehead atoms. The molecule has 0 amide bonds. The van der Waals surface area contributed by atoms with E-state index in [1.165, 1.54) is 6.26 Å². The zero-order valence-electron chi connectivity index (χ0n) is 10.6. The van der Waals surface area contributed by atoms with E-state index in [1.807, 2.05) is 0 Å². The van der Waals surface area contributed by atoms with Gasteiger partial charge in [0.05, 0.1) is 4.75 Å². The van der Waals surface area contributed by atoms with Gasteiger partial charge in [-0.05, 0) is 26.3 Å². The minimum absolute atomic E-state index is 0.530. The Morgan fingerprint density at radius 3 is 2.00 bits per heavy atom. The number of nitrogens with one attached hydrogen (secondary N) is 1. The van der Waals surface area contributed by atoms with Gasteiger partial charge in [-0.1, -0.05) is 26.7 Å². The molecule has 0 spiro atoms. The highest BCUT2D eigenvalue weighted by atomic mass is 32.2. The van der Waals surface area contributed by atoms with Gasteiger partial charge in [0.15, 0.2) is 9.84 Å². The lowest BCUT2D eigenvalue weighted by atomic mass is 10.0. The molecule has 15 heavy (non-hydrogen) atoms. The highest BCUT2D eigenvalue weighted by molar-refractivity contribution is 7.92. The average molecular weight is 235 g/mol. The smallest absolute Gasteiger partial charge is 0.153 e. The zero-order valence-corrected chi connectivity index (χ0v) is 11.4. The highest BCUT2D eigenvalue weighted by Gasteiger charge is 2.29. The Bertz CT molecular complexity index is 266. The standard InChI is InChI=1S/C11H25NO2S/c1-6-10(7-2)8-12-9-11(3,4)15(5,13)14/h10,12H,6-9H2,1-5H3. The highest BCUT2D eigenvalue weighted by Crippen LogP contribution is 2.14. The summed E-state index contributed by atoms with van der Waals surface area (Å²) < 4.78 is 22.2. The van der Waals surface area contributed by atoms with Crippen molar-refractivity contribution in [2.75, 3.05) is 19.3 Å². The molecule has 0 rings (SSSR count). The van der Waals surface area contributed by atoms with Gasteiger partial charge >= 0.3 is 0 Å². The van der Waals surface area contributed by atoms with Crippen molar-refractivity contribution < 1.29 is 8.42 Å². The minimum Gasteiger partial charge on any atom is -0.315 e. The molecule has 0 fully saturated rings. The Labute approximate surface area is 94.6 Å². The van der Waals surface area contributed by atoms with Crippen LogP contribution in [0.2, 0.25) is 0 Å². The van der Waals surface area contributed by atoms with Crippen LogP contribution in [0.15, 0.2) is 0 Å². The summed E-state index contributed by atoms with van der Waals surface area (Å²) in [5.41, 5.74) is 0. The maximum absolute atomic E-state index is 11.4. The quantitative estimate of drug-likeness (QED) is 0.732. The average Bonchev–Trinajstić information content (AvgIpc) is 2.10. The third kappa shape index (κ3) is 4.98. The van der Waals surface area contributed by atoms with E-state index in [9.17, 15) is 8.42 Å². The minimum atomic E-state index is -2.98. The topological polar surface area (TPSA) is 46.2 Å². The van der Waals surface area contributed by atoms with Crippen LogP contribution in [0.1, 0.15) is 40.5 Å². The molecule has 0 saturated carbocycles. The summed E-state index contributed by atoms with van der Waals surface area (Å²) in [5.74, 6) is 0.653. The van der Waals surface area contributed by atoms with Crippen molar-refractivity contribution in [1.82, 2.24) is 5.32 Å². The van der Waals surface area contributed by atoms with Crippen LogP contribution in [0.4, 0.5) is 0 Å². The summed E-state index contributed by atoms with van der Waals surface area (Å²) in [6, 6.07) is 0. The molecule has 0 saturated heterocycles. The van der Waals surface area contributed by atoms with Crippen LogP contribution in [0.3, 0.4) is 0 Å². The van der Waals surface area contributed by atoms with E-state index in [4.69, 9.17) is 0 Å². The van der Waals surface area contributed by atoms with Crippen LogP contribution in [0.25, 0.3) is 0 Å². The lowest BCUT2D eigenvalue weighted by molar-refractivity contribution is 0.431. The Morgan fingerprint density at radius 1 is 1.20 bits per heavy atom. The van der Waals surface area contributed by atoms with E-state index in [1.54, 1.807) is 13.8 Å². The van der Waals surface area contributed by atoms with Crippen molar-refractivity contribution in [3.05, 3.63) is 0 Å². The fourth-order valence-electron chi connectivity index (χ4n) is 1.29. The maximum atomic E-state index is 11.4. The van der Waals surface area contributed by atoms with Gasteiger partial charge in [-0.15, -0.1) is 0 Å². The first-order valence-electron chi connectivity index (χ1n) is 5.65. The Kier molecular flexibility index (Phi) is 5.81. The van der Waals surface area contributed by atoms with Gasteiger partial charge in [-0.25, -0.2) is 8.42 Å². The van der Waals surface area contributed by atoms with Crippen molar-refractivity contribution in [3.63, 3.8) is 0 Å². The summed E-state index contributed by atoms with van der Waals surface area (Å²) in [7, 11) is -2.98. The summed E-state index contributed by atoms with van der Waals surface area (Å²) in [4.78, 5) is 0. The van der Waals surface area contributed by atoms with Crippen molar-refractivity contribution in [1.29, 1.82) is 0 Å². The molecule has 92 valence electrons. The molecule has 0 aromatic rings. The molecule has 0 aliphatic rings. The van der Waals surface area contributed by atoms with Crippen LogP contribution >= 0.6 is 0 Å². The largest absolute Gasteiger partial charge is 0.315 e. The van der Waals surface area contributed by atoms with Crippen LogP contribution < -0.4 is 5.32 Å². The Hall–Kier alpha value is -0.0900. The van der Waals surface area contributed by atoms with Crippen LogP contribution in [0, 0.1) is 5.92 Å². The van der Waals surface area contributed by atoms with Crippen LogP contribution in [-0.4, -0.2) is 32.5 Å². The second-order valence-corrected chi connectivity index (χ2v) is 7.49. The van der Waals surface area contributed by atoms with Gasteiger partial charge < -0.3 is 5.32 Å². The summed E-state index contributed by atoms with van der Waals surface area (Å²) in [6.45, 7) is 9.30. The number of hydrogen-bond acceptors (Lipinski definition) is 3. The summed E-state index contributed by atoms with van der Waals surface area (Å²) in [5, 5.41) is 3.25. The van der Waals surface area contributed by atoms with Gasteiger partial charge in [0, 0.05) is 12.8 Å². The number of sulfone groups is 1. The number of hydrogen-bond donors (Lipinski definition) is 1. The first kappa shape index (κ1) is 14.9. The normalized spacial score (nSPS) is 13.5. The molecule has 0 unspecified atom stereocenters. The van der Waals surface area contributed by atoms with E-state index < -0.39 is 14.6 Å². The molecule has 4 heteroatoms. The van der Waals surface area contributed by atoms with Gasteiger partial charge in [-0.2, -0.15) is 0 Å². The molecule has 0 aliphatic heterocycles. The third-order valence-corrected chi connectivity index (χ3v) is 5.29. The third-order valence-electron chi connectivity index (χ3n) is 3.14. The fraction of sp³-hybridized carbons (Fsp3) is 1.00. The van der Waals surface area contributed by atoms with Crippen LogP contribution in [0.5, 0.6) is 0 Å². The molecule has 0 radical (unpaired) electrons. The predicted molar refractivity (Wildman–Crippen MR) is 65.9 cm³/mol. The first-order chi connectivity index (χ1) is 6.74. The number of rotatable bonds is 7. The van der Waals surface area contributed by atoms with Crippen molar-refractivity contribution in [3.8, 4) is 0 Å². The predicted octanol–water partition coefficient (Wildman–Crippen LogP) is 1.84. The van der Waals surface area contributed by atoms with E-state index in [0.29, 0.717) is 12.5 Å². The molecular weight excluding hydrogens is 210 g/mol. The lowest BCUT2D eigenvalue weighted by Gasteiger charge is -2.24. The maximum Gasteiger partial charge on any atom is 0.153 e. The van der Waals surface area contributed by atoms with Crippen molar-refractivity contribution in [2.45, 2.75) is 45.3 Å². The Morgan fingerprint density at radius 2 is 1.67 bits per heavy atom. The second-order valence-electron chi connectivity index (χ2n) is 4.85. The van der Waals surface area contributed by atoms with E-state index in [2.05, 4.69) is 19.2 Å². The monoisotopic (exact) mass is 235 g/mol. The molecule has 0 heterocycles. The van der Waals surface area contributed by atoms with E-state index >= 15 is 0 Å². The van der Waals surface area contributed by atoms with Gasteiger partial charge in [0.2, 0.25) is 0 Å². The molecule has 0 atom stereocenters.